The van der Waals surface area contributed by atoms with Gasteiger partial charge < -0.3 is 0 Å². The molecular formula is C16H19ClS. The summed E-state index contributed by atoms with van der Waals surface area (Å²) in [5, 5.41) is 0.852. The summed E-state index contributed by atoms with van der Waals surface area (Å²) in [6, 6.07) is 8.46. The molecule has 1 aromatic rings. The van der Waals surface area contributed by atoms with Gasteiger partial charge in [0, 0.05) is 14.7 Å². The fourth-order valence-electron chi connectivity index (χ4n) is 4.91. The van der Waals surface area contributed by atoms with E-state index >= 15 is 0 Å². The van der Waals surface area contributed by atoms with E-state index in [1.54, 1.807) is 0 Å². The SMILES string of the molecule is Clc1ccc(SC23CC4CC(CC(C4)C2)C3)cc1. The van der Waals surface area contributed by atoms with Crippen molar-refractivity contribution in [2.24, 2.45) is 17.8 Å². The van der Waals surface area contributed by atoms with Gasteiger partial charge in [0.15, 0.2) is 0 Å². The molecule has 0 aliphatic heterocycles. The minimum absolute atomic E-state index is 0.572. The molecule has 4 fully saturated rings. The average Bonchev–Trinajstić information content (AvgIpc) is 2.30. The summed E-state index contributed by atoms with van der Waals surface area (Å²) in [6.07, 6.45) is 8.98. The maximum atomic E-state index is 5.98. The van der Waals surface area contributed by atoms with E-state index in [1.807, 2.05) is 12.1 Å². The van der Waals surface area contributed by atoms with Gasteiger partial charge >= 0.3 is 0 Å². The molecule has 4 aliphatic carbocycles. The van der Waals surface area contributed by atoms with Crippen molar-refractivity contribution >= 4 is 23.4 Å². The summed E-state index contributed by atoms with van der Waals surface area (Å²) in [4.78, 5) is 1.42. The molecule has 0 radical (unpaired) electrons. The van der Waals surface area contributed by atoms with E-state index in [1.165, 1.54) is 43.4 Å². The van der Waals surface area contributed by atoms with Crippen molar-refractivity contribution in [3.05, 3.63) is 29.3 Å². The molecule has 0 aromatic heterocycles. The second kappa shape index (κ2) is 4.18. The molecule has 1 aromatic carbocycles. The minimum Gasteiger partial charge on any atom is -0.119 e. The Hall–Kier alpha value is -0.140. The van der Waals surface area contributed by atoms with Gasteiger partial charge in [-0.15, -0.1) is 11.8 Å². The highest BCUT2D eigenvalue weighted by Crippen LogP contribution is 2.61. The van der Waals surface area contributed by atoms with Gasteiger partial charge in [0.2, 0.25) is 0 Å². The van der Waals surface area contributed by atoms with Crippen LogP contribution in [0.15, 0.2) is 29.2 Å². The van der Waals surface area contributed by atoms with Crippen LogP contribution in [0.1, 0.15) is 38.5 Å². The van der Waals surface area contributed by atoms with Crippen LogP contribution in [0.2, 0.25) is 5.02 Å². The lowest BCUT2D eigenvalue weighted by atomic mass is 9.56. The Morgan fingerprint density at radius 1 is 0.889 bits per heavy atom. The molecule has 0 N–H and O–H groups in total. The summed E-state index contributed by atoms with van der Waals surface area (Å²) in [5.74, 6) is 3.11. The first-order chi connectivity index (χ1) is 8.71. The molecule has 0 nitrogen and oxygen atoms in total. The Labute approximate surface area is 118 Å². The third-order valence-corrected chi connectivity index (χ3v) is 6.82. The molecule has 4 aliphatic rings. The van der Waals surface area contributed by atoms with Crippen LogP contribution in [-0.4, -0.2) is 4.75 Å². The van der Waals surface area contributed by atoms with Crippen molar-refractivity contribution in [3.63, 3.8) is 0 Å². The van der Waals surface area contributed by atoms with E-state index in [9.17, 15) is 0 Å². The minimum atomic E-state index is 0.572. The van der Waals surface area contributed by atoms with Gasteiger partial charge in [-0.25, -0.2) is 0 Å². The van der Waals surface area contributed by atoms with Gasteiger partial charge in [0.25, 0.3) is 0 Å². The molecule has 0 atom stereocenters. The van der Waals surface area contributed by atoms with Gasteiger partial charge in [-0.3, -0.25) is 0 Å². The van der Waals surface area contributed by atoms with Crippen molar-refractivity contribution in [3.8, 4) is 0 Å². The van der Waals surface area contributed by atoms with E-state index in [-0.39, 0.29) is 0 Å². The standard InChI is InChI=1S/C16H19ClS/c17-14-1-3-15(4-2-14)18-16-8-11-5-12(9-16)7-13(6-11)10-16/h1-4,11-13H,5-10H2. The van der Waals surface area contributed by atoms with Crippen LogP contribution in [0.3, 0.4) is 0 Å². The topological polar surface area (TPSA) is 0 Å². The summed E-state index contributed by atoms with van der Waals surface area (Å²) < 4.78 is 0.572. The first-order valence-electron chi connectivity index (χ1n) is 7.15. The first kappa shape index (κ1) is 11.7. The van der Waals surface area contributed by atoms with Crippen molar-refractivity contribution in [1.29, 1.82) is 0 Å². The number of hydrogen-bond acceptors (Lipinski definition) is 1. The van der Waals surface area contributed by atoms with E-state index in [0.29, 0.717) is 4.75 Å². The normalized spacial score (nSPS) is 41.3. The highest BCUT2D eigenvalue weighted by atomic mass is 35.5. The lowest BCUT2D eigenvalue weighted by molar-refractivity contribution is 0.0383. The quantitative estimate of drug-likeness (QED) is 0.698. The number of halogens is 1. The van der Waals surface area contributed by atoms with Crippen molar-refractivity contribution in [2.45, 2.75) is 48.2 Å². The predicted octanol–water partition coefficient (Wildman–Crippen LogP) is 5.40. The van der Waals surface area contributed by atoms with Gasteiger partial charge in [0.1, 0.15) is 0 Å². The van der Waals surface area contributed by atoms with E-state index in [0.717, 1.165) is 22.8 Å². The first-order valence-corrected chi connectivity index (χ1v) is 8.35. The Kier molecular flexibility index (Phi) is 2.71. The molecule has 96 valence electrons. The zero-order valence-electron chi connectivity index (χ0n) is 10.6. The zero-order chi connectivity index (χ0) is 12.2. The average molecular weight is 279 g/mol. The lowest BCUT2D eigenvalue weighted by Crippen LogP contribution is -2.48. The summed E-state index contributed by atoms with van der Waals surface area (Å²) in [7, 11) is 0. The molecule has 4 saturated carbocycles. The Morgan fingerprint density at radius 3 is 1.89 bits per heavy atom. The lowest BCUT2D eigenvalue weighted by Gasteiger charge is -2.56. The molecule has 4 bridgehead atoms. The fraction of sp³-hybridized carbons (Fsp3) is 0.625. The number of rotatable bonds is 2. The Morgan fingerprint density at radius 2 is 1.39 bits per heavy atom. The van der Waals surface area contributed by atoms with Crippen LogP contribution >= 0.6 is 23.4 Å². The number of hydrogen-bond donors (Lipinski definition) is 0. The third kappa shape index (κ3) is 2.00. The van der Waals surface area contributed by atoms with Crippen LogP contribution in [-0.2, 0) is 0 Å². The fourth-order valence-corrected chi connectivity index (χ4v) is 6.76. The van der Waals surface area contributed by atoms with Gasteiger partial charge in [0.05, 0.1) is 0 Å². The highest BCUT2D eigenvalue weighted by molar-refractivity contribution is 8.00. The summed E-state index contributed by atoms with van der Waals surface area (Å²) in [5.41, 5.74) is 0. The molecule has 0 unspecified atom stereocenters. The van der Waals surface area contributed by atoms with Crippen molar-refractivity contribution in [2.75, 3.05) is 0 Å². The van der Waals surface area contributed by atoms with Gasteiger partial charge in [-0.1, -0.05) is 11.6 Å². The molecule has 18 heavy (non-hydrogen) atoms. The van der Waals surface area contributed by atoms with Crippen LogP contribution in [0, 0.1) is 17.8 Å². The number of benzene rings is 1. The zero-order valence-corrected chi connectivity index (χ0v) is 12.1. The molecular weight excluding hydrogens is 260 g/mol. The van der Waals surface area contributed by atoms with E-state index < -0.39 is 0 Å². The predicted molar refractivity (Wildman–Crippen MR) is 78.2 cm³/mol. The van der Waals surface area contributed by atoms with Gasteiger partial charge in [-0.2, -0.15) is 0 Å². The summed E-state index contributed by atoms with van der Waals surface area (Å²) in [6.45, 7) is 0. The van der Waals surface area contributed by atoms with Crippen molar-refractivity contribution < 1.29 is 0 Å². The van der Waals surface area contributed by atoms with Crippen molar-refractivity contribution in [1.82, 2.24) is 0 Å². The second-order valence-corrected chi connectivity index (χ2v) is 8.63. The Bertz CT molecular complexity index is 415. The smallest absolute Gasteiger partial charge is 0.0406 e. The van der Waals surface area contributed by atoms with E-state index in [4.69, 9.17) is 11.6 Å². The van der Waals surface area contributed by atoms with Crippen LogP contribution in [0.4, 0.5) is 0 Å². The molecule has 2 heteroatoms. The highest BCUT2D eigenvalue weighted by Gasteiger charge is 2.51. The van der Waals surface area contributed by atoms with Crippen LogP contribution < -0.4 is 0 Å². The monoisotopic (exact) mass is 278 g/mol. The molecule has 5 rings (SSSR count). The third-order valence-electron chi connectivity index (χ3n) is 5.13. The number of thioether (sulfide) groups is 1. The largest absolute Gasteiger partial charge is 0.119 e. The van der Waals surface area contributed by atoms with Crippen LogP contribution in [0.25, 0.3) is 0 Å². The molecule has 0 amide bonds. The van der Waals surface area contributed by atoms with E-state index in [2.05, 4.69) is 23.9 Å². The molecule has 0 saturated heterocycles. The molecule has 0 heterocycles. The van der Waals surface area contributed by atoms with Crippen LogP contribution in [0.5, 0.6) is 0 Å². The Balaban J connectivity index is 1.58. The maximum Gasteiger partial charge on any atom is 0.0406 e. The second-order valence-electron chi connectivity index (χ2n) is 6.66. The van der Waals surface area contributed by atoms with Gasteiger partial charge in [-0.05, 0) is 80.5 Å². The molecule has 0 spiro atoms. The maximum absolute atomic E-state index is 5.98. The summed E-state index contributed by atoms with van der Waals surface area (Å²) >= 11 is 8.13.